The van der Waals surface area contributed by atoms with Crippen molar-refractivity contribution in [2.24, 2.45) is 5.92 Å². The highest BCUT2D eigenvalue weighted by Gasteiger charge is 2.28. The Labute approximate surface area is 170 Å². The lowest BCUT2D eigenvalue weighted by molar-refractivity contribution is -0.121. The van der Waals surface area contributed by atoms with Crippen molar-refractivity contribution in [1.29, 1.82) is 0 Å². The number of carbonyl (C=O) groups is 2. The van der Waals surface area contributed by atoms with Gasteiger partial charge in [0.1, 0.15) is 0 Å². The molecule has 1 saturated heterocycles. The van der Waals surface area contributed by atoms with E-state index in [4.69, 9.17) is 0 Å². The Morgan fingerprint density at radius 3 is 2.68 bits per heavy atom. The van der Waals surface area contributed by atoms with Crippen molar-refractivity contribution in [3.05, 3.63) is 47.4 Å². The Hall–Kier alpha value is -2.78. The minimum absolute atomic E-state index is 0.0367. The molecule has 2 N–H and O–H groups in total. The number of likely N-dealkylation sites (tertiary alicyclic amines) is 1. The van der Waals surface area contributed by atoms with Gasteiger partial charge in [-0.1, -0.05) is 0 Å². The summed E-state index contributed by atoms with van der Waals surface area (Å²) in [6.45, 7) is 1.13. The molecule has 0 radical (unpaired) electrons. The van der Waals surface area contributed by atoms with Crippen molar-refractivity contribution in [2.45, 2.75) is 12.8 Å². The van der Waals surface area contributed by atoms with Gasteiger partial charge in [-0.05, 0) is 42.5 Å². The highest BCUT2D eigenvalue weighted by atomic mass is 32.1. The minimum atomic E-state index is -0.114. The Bertz CT molecular complexity index is 934. The van der Waals surface area contributed by atoms with Gasteiger partial charge in [0.2, 0.25) is 5.91 Å². The zero-order valence-corrected chi connectivity index (χ0v) is 16.6. The fourth-order valence-electron chi connectivity index (χ4n) is 3.06. The van der Waals surface area contributed by atoms with E-state index in [-0.39, 0.29) is 17.9 Å². The first-order valence-corrected chi connectivity index (χ1v) is 10.7. The number of aromatic nitrogens is 2. The second-order valence-corrected chi connectivity index (χ2v) is 8.24. The number of piperidine rings is 1. The van der Waals surface area contributed by atoms with E-state index in [0.29, 0.717) is 31.1 Å². The third-order valence-electron chi connectivity index (χ3n) is 4.60. The van der Waals surface area contributed by atoms with Gasteiger partial charge in [0.15, 0.2) is 5.13 Å². The maximum Gasteiger partial charge on any atom is 0.322 e. The van der Waals surface area contributed by atoms with Crippen molar-refractivity contribution < 1.29 is 9.59 Å². The van der Waals surface area contributed by atoms with Gasteiger partial charge in [-0.2, -0.15) is 0 Å². The number of nitrogens with zero attached hydrogens (tertiary/aromatic N) is 3. The molecule has 1 aliphatic rings. The highest BCUT2D eigenvalue weighted by Crippen LogP contribution is 2.26. The summed E-state index contributed by atoms with van der Waals surface area (Å²) in [6, 6.07) is 7.45. The second-order valence-electron chi connectivity index (χ2n) is 6.44. The van der Waals surface area contributed by atoms with Gasteiger partial charge < -0.3 is 10.2 Å². The maximum atomic E-state index is 12.6. The van der Waals surface area contributed by atoms with Crippen molar-refractivity contribution in [3.63, 3.8) is 0 Å². The van der Waals surface area contributed by atoms with Crippen molar-refractivity contribution in [3.8, 4) is 11.3 Å². The number of thiazole rings is 1. The zero-order valence-electron chi connectivity index (χ0n) is 15.0. The predicted octanol–water partition coefficient (Wildman–Crippen LogP) is 4.15. The largest absolute Gasteiger partial charge is 0.324 e. The number of urea groups is 1. The van der Waals surface area contributed by atoms with Crippen molar-refractivity contribution in [2.75, 3.05) is 23.7 Å². The van der Waals surface area contributed by atoms with E-state index in [0.717, 1.165) is 16.3 Å². The number of rotatable bonds is 4. The van der Waals surface area contributed by atoms with Gasteiger partial charge in [0.25, 0.3) is 0 Å². The molecule has 9 heteroatoms. The SMILES string of the molecule is O=C(Nc1nc(-c2cccnc2)cs1)C1CCN(C(=O)Nc2cccs2)CC1. The van der Waals surface area contributed by atoms with E-state index in [2.05, 4.69) is 20.6 Å². The van der Waals surface area contributed by atoms with Crippen LogP contribution in [0.1, 0.15) is 12.8 Å². The van der Waals surface area contributed by atoms with E-state index in [1.54, 1.807) is 17.3 Å². The normalized spacial score (nSPS) is 14.6. The molecule has 0 bridgehead atoms. The number of pyridine rings is 1. The van der Waals surface area contributed by atoms with E-state index >= 15 is 0 Å². The number of nitrogens with one attached hydrogen (secondary N) is 2. The summed E-state index contributed by atoms with van der Waals surface area (Å²) in [7, 11) is 0. The summed E-state index contributed by atoms with van der Waals surface area (Å²) in [5, 5.41) is 11.0. The first-order chi connectivity index (χ1) is 13.7. The lowest BCUT2D eigenvalue weighted by atomic mass is 9.96. The molecule has 3 aromatic rings. The number of carbonyl (C=O) groups excluding carboxylic acids is 2. The van der Waals surface area contributed by atoms with E-state index in [1.807, 2.05) is 35.0 Å². The Morgan fingerprint density at radius 1 is 1.11 bits per heavy atom. The molecule has 1 fully saturated rings. The van der Waals surface area contributed by atoms with Crippen LogP contribution in [0, 0.1) is 5.92 Å². The first kappa shape index (κ1) is 18.6. The quantitative estimate of drug-likeness (QED) is 0.673. The third kappa shape index (κ3) is 4.37. The van der Waals surface area contributed by atoms with Gasteiger partial charge in [-0.3, -0.25) is 15.1 Å². The molecule has 0 aromatic carbocycles. The van der Waals surface area contributed by atoms with Crippen LogP contribution in [0.2, 0.25) is 0 Å². The summed E-state index contributed by atoms with van der Waals surface area (Å²) in [5.41, 5.74) is 1.72. The predicted molar refractivity (Wildman–Crippen MR) is 112 cm³/mol. The molecule has 7 nitrogen and oxygen atoms in total. The molecule has 28 heavy (non-hydrogen) atoms. The van der Waals surface area contributed by atoms with Crippen LogP contribution in [0.5, 0.6) is 0 Å². The smallest absolute Gasteiger partial charge is 0.322 e. The van der Waals surface area contributed by atoms with Gasteiger partial charge in [-0.25, -0.2) is 9.78 Å². The summed E-state index contributed by atoms with van der Waals surface area (Å²) < 4.78 is 0. The number of hydrogen-bond donors (Lipinski definition) is 2. The molecule has 1 aliphatic heterocycles. The molecule has 4 heterocycles. The van der Waals surface area contributed by atoms with Gasteiger partial charge in [0.05, 0.1) is 10.7 Å². The van der Waals surface area contributed by atoms with E-state index in [1.165, 1.54) is 22.7 Å². The van der Waals surface area contributed by atoms with Gasteiger partial charge in [0, 0.05) is 42.3 Å². The number of hydrogen-bond acceptors (Lipinski definition) is 6. The average molecular weight is 414 g/mol. The summed E-state index contributed by atoms with van der Waals surface area (Å²) in [5.74, 6) is -0.151. The molecule has 0 atom stereocenters. The lowest BCUT2D eigenvalue weighted by Gasteiger charge is -2.31. The van der Waals surface area contributed by atoms with Gasteiger partial charge in [-0.15, -0.1) is 22.7 Å². The van der Waals surface area contributed by atoms with Crippen molar-refractivity contribution in [1.82, 2.24) is 14.9 Å². The molecule has 4 rings (SSSR count). The molecule has 0 unspecified atom stereocenters. The third-order valence-corrected chi connectivity index (χ3v) is 6.14. The second kappa shape index (κ2) is 8.49. The average Bonchev–Trinajstić information content (AvgIpc) is 3.41. The van der Waals surface area contributed by atoms with Crippen LogP contribution < -0.4 is 10.6 Å². The number of thiophene rings is 1. The lowest BCUT2D eigenvalue weighted by Crippen LogP contribution is -2.43. The standard InChI is InChI=1S/C19H19N5O2S2/c25-17(23-18-21-15(12-28-18)14-3-1-7-20-11-14)13-5-8-24(9-6-13)19(26)22-16-4-2-10-27-16/h1-4,7,10-13H,5-6,8-9H2,(H,22,26)(H,21,23,25). The number of amides is 3. The molecular formula is C19H19N5O2S2. The summed E-state index contributed by atoms with van der Waals surface area (Å²) in [4.78, 5) is 35.2. The van der Waals surface area contributed by atoms with Crippen LogP contribution >= 0.6 is 22.7 Å². The van der Waals surface area contributed by atoms with Crippen LogP contribution in [0.4, 0.5) is 14.9 Å². The Morgan fingerprint density at radius 2 is 1.96 bits per heavy atom. The summed E-state index contributed by atoms with van der Waals surface area (Å²) >= 11 is 2.89. The van der Waals surface area contributed by atoms with E-state index < -0.39 is 0 Å². The Kier molecular flexibility index (Phi) is 5.63. The molecule has 144 valence electrons. The van der Waals surface area contributed by atoms with Crippen LogP contribution in [-0.2, 0) is 4.79 Å². The molecule has 0 aliphatic carbocycles. The van der Waals surface area contributed by atoms with E-state index in [9.17, 15) is 9.59 Å². The fourth-order valence-corrected chi connectivity index (χ4v) is 4.39. The number of anilines is 2. The topological polar surface area (TPSA) is 87.2 Å². The van der Waals surface area contributed by atoms with Crippen LogP contribution in [0.25, 0.3) is 11.3 Å². The van der Waals surface area contributed by atoms with Gasteiger partial charge >= 0.3 is 6.03 Å². The van der Waals surface area contributed by atoms with Crippen LogP contribution in [0.15, 0.2) is 47.4 Å². The minimum Gasteiger partial charge on any atom is -0.324 e. The first-order valence-electron chi connectivity index (χ1n) is 8.95. The highest BCUT2D eigenvalue weighted by molar-refractivity contribution is 7.14. The molecular weight excluding hydrogens is 394 g/mol. The molecule has 0 spiro atoms. The summed E-state index contributed by atoms with van der Waals surface area (Å²) in [6.07, 6.45) is 4.75. The van der Waals surface area contributed by atoms with Crippen LogP contribution in [0.3, 0.4) is 0 Å². The van der Waals surface area contributed by atoms with Crippen molar-refractivity contribution >= 4 is 44.7 Å². The van der Waals surface area contributed by atoms with Crippen LogP contribution in [-0.4, -0.2) is 39.9 Å². The zero-order chi connectivity index (χ0) is 19.3. The molecule has 0 saturated carbocycles. The maximum absolute atomic E-state index is 12.6. The Balaban J connectivity index is 1.28. The monoisotopic (exact) mass is 413 g/mol. The fraction of sp³-hybridized carbons (Fsp3) is 0.263. The molecule has 3 aromatic heterocycles. The molecule has 3 amide bonds.